The van der Waals surface area contributed by atoms with Gasteiger partial charge in [0.2, 0.25) is 0 Å². The van der Waals surface area contributed by atoms with E-state index in [2.05, 4.69) is 20.6 Å². The van der Waals surface area contributed by atoms with Gasteiger partial charge in [-0.2, -0.15) is 0 Å². The molecule has 0 spiro atoms. The van der Waals surface area contributed by atoms with Crippen molar-refractivity contribution in [3.63, 3.8) is 0 Å². The summed E-state index contributed by atoms with van der Waals surface area (Å²) in [7, 11) is 0. The van der Waals surface area contributed by atoms with Crippen molar-refractivity contribution in [1.29, 1.82) is 0 Å². The van der Waals surface area contributed by atoms with Gasteiger partial charge < -0.3 is 20.7 Å². The number of benzene rings is 3. The molecule has 0 saturated heterocycles. The molecule has 0 fully saturated rings. The number of halogens is 1. The van der Waals surface area contributed by atoms with E-state index < -0.39 is 17.8 Å². The van der Waals surface area contributed by atoms with Crippen LogP contribution in [0.1, 0.15) is 38.9 Å². The second kappa shape index (κ2) is 9.36. The third kappa shape index (κ3) is 4.34. The molecule has 5 rings (SSSR count). The lowest BCUT2D eigenvalue weighted by molar-refractivity contribution is -0.110. The molecule has 174 valence electrons. The fourth-order valence-corrected chi connectivity index (χ4v) is 4.16. The van der Waals surface area contributed by atoms with Crippen LogP contribution in [-0.2, 0) is 4.79 Å². The summed E-state index contributed by atoms with van der Waals surface area (Å²) >= 11 is 0. The number of aromatic nitrogens is 2. The number of hydrogen-bond acceptors (Lipinski definition) is 4. The van der Waals surface area contributed by atoms with Crippen LogP contribution >= 0.6 is 0 Å². The fraction of sp³-hybridized carbons (Fsp3) is 0.0741. The average Bonchev–Trinajstić information content (AvgIpc) is 3.51. The highest BCUT2D eigenvalue weighted by Gasteiger charge is 2.31. The summed E-state index contributed by atoms with van der Waals surface area (Å²) in [5.74, 6) is -0.840. The standard InChI is InChI=1S/C27H21FN4O3/c28-19-8-4-7-17(13-19)23(25-29-11-12-30-25)24-20-14-18(9-10-21(20)31-27(24)35)26(34)32-22(15-33)16-5-2-1-3-6-16/h1-14,22,33H,15H2,(H,29,30)(H,31,35)(H,32,34)/b24-23-/t22-/m1/s1. The zero-order valence-electron chi connectivity index (χ0n) is 18.5. The maximum Gasteiger partial charge on any atom is 0.257 e. The van der Waals surface area contributed by atoms with Crippen LogP contribution in [0.4, 0.5) is 10.1 Å². The molecule has 2 amide bonds. The first-order chi connectivity index (χ1) is 17.0. The minimum absolute atomic E-state index is 0.270. The maximum absolute atomic E-state index is 14.1. The third-order valence-corrected chi connectivity index (χ3v) is 5.81. The Bertz CT molecular complexity index is 1430. The van der Waals surface area contributed by atoms with Crippen LogP contribution in [0.2, 0.25) is 0 Å². The zero-order chi connectivity index (χ0) is 24.4. The van der Waals surface area contributed by atoms with E-state index in [0.29, 0.717) is 33.8 Å². The minimum atomic E-state index is -0.585. The Morgan fingerprint density at radius 1 is 1.03 bits per heavy atom. The molecule has 2 heterocycles. The number of imidazole rings is 1. The van der Waals surface area contributed by atoms with E-state index in [-0.39, 0.29) is 18.1 Å². The largest absolute Gasteiger partial charge is 0.394 e. The number of anilines is 1. The van der Waals surface area contributed by atoms with Crippen molar-refractivity contribution in [2.45, 2.75) is 6.04 Å². The maximum atomic E-state index is 14.1. The van der Waals surface area contributed by atoms with E-state index in [1.807, 2.05) is 30.3 Å². The quantitative estimate of drug-likeness (QED) is 0.322. The summed E-state index contributed by atoms with van der Waals surface area (Å²) < 4.78 is 14.1. The number of hydrogen-bond donors (Lipinski definition) is 4. The Balaban J connectivity index is 1.58. The monoisotopic (exact) mass is 468 g/mol. The Morgan fingerprint density at radius 2 is 1.86 bits per heavy atom. The van der Waals surface area contributed by atoms with Gasteiger partial charge in [-0.3, -0.25) is 9.59 Å². The smallest absolute Gasteiger partial charge is 0.257 e. The van der Waals surface area contributed by atoms with E-state index in [1.54, 1.807) is 42.7 Å². The highest BCUT2D eigenvalue weighted by Crippen LogP contribution is 2.39. The second-order valence-corrected chi connectivity index (χ2v) is 8.03. The number of carbonyl (C=O) groups is 2. The molecule has 1 atom stereocenters. The molecule has 35 heavy (non-hydrogen) atoms. The number of nitrogens with one attached hydrogen (secondary N) is 3. The van der Waals surface area contributed by atoms with Crippen LogP contribution in [-0.4, -0.2) is 33.5 Å². The lowest BCUT2D eigenvalue weighted by Crippen LogP contribution is -2.30. The lowest BCUT2D eigenvalue weighted by atomic mass is 9.93. The lowest BCUT2D eigenvalue weighted by Gasteiger charge is -2.17. The number of H-pyrrole nitrogens is 1. The normalized spacial score (nSPS) is 14.7. The van der Waals surface area contributed by atoms with Gasteiger partial charge in [-0.1, -0.05) is 42.5 Å². The zero-order valence-corrected chi connectivity index (χ0v) is 18.5. The topological polar surface area (TPSA) is 107 Å². The minimum Gasteiger partial charge on any atom is -0.394 e. The molecule has 0 radical (unpaired) electrons. The summed E-state index contributed by atoms with van der Waals surface area (Å²) in [5.41, 5.74) is 3.27. The average molecular weight is 468 g/mol. The molecule has 0 bridgehead atoms. The number of fused-ring (bicyclic) bond motifs is 1. The van der Waals surface area contributed by atoms with E-state index >= 15 is 0 Å². The van der Waals surface area contributed by atoms with E-state index in [4.69, 9.17) is 0 Å². The number of amides is 2. The van der Waals surface area contributed by atoms with Gasteiger partial charge in [-0.25, -0.2) is 9.37 Å². The van der Waals surface area contributed by atoms with Crippen molar-refractivity contribution in [2.24, 2.45) is 0 Å². The van der Waals surface area contributed by atoms with Gasteiger partial charge >= 0.3 is 0 Å². The van der Waals surface area contributed by atoms with Crippen LogP contribution in [0.5, 0.6) is 0 Å². The van der Waals surface area contributed by atoms with Crippen molar-refractivity contribution in [3.05, 3.63) is 119 Å². The van der Waals surface area contributed by atoms with Gasteiger partial charge in [0.1, 0.15) is 11.6 Å². The Kier molecular flexibility index (Phi) is 5.95. The SMILES string of the molecule is O=C1Nc2ccc(C(=O)N[C@H](CO)c3ccccc3)cc2/C1=C(\c1cccc(F)c1)c1ncc[nH]1. The van der Waals surface area contributed by atoms with Crippen molar-refractivity contribution in [3.8, 4) is 0 Å². The number of aliphatic hydroxyl groups excluding tert-OH is 1. The first kappa shape index (κ1) is 22.2. The molecule has 3 aromatic carbocycles. The molecule has 0 unspecified atom stereocenters. The first-order valence-corrected chi connectivity index (χ1v) is 11.0. The van der Waals surface area contributed by atoms with Crippen molar-refractivity contribution in [2.75, 3.05) is 11.9 Å². The Morgan fingerprint density at radius 3 is 2.57 bits per heavy atom. The number of carbonyl (C=O) groups excluding carboxylic acids is 2. The molecule has 0 aliphatic carbocycles. The van der Waals surface area contributed by atoms with E-state index in [9.17, 15) is 19.1 Å². The Hall–Kier alpha value is -4.56. The first-order valence-electron chi connectivity index (χ1n) is 11.0. The van der Waals surface area contributed by atoms with E-state index in [1.165, 1.54) is 12.1 Å². The molecule has 4 aromatic rings. The highest BCUT2D eigenvalue weighted by atomic mass is 19.1. The molecule has 1 aliphatic heterocycles. The van der Waals surface area contributed by atoms with E-state index in [0.717, 1.165) is 5.56 Å². The van der Waals surface area contributed by atoms with Crippen LogP contribution < -0.4 is 10.6 Å². The van der Waals surface area contributed by atoms with Gasteiger partial charge in [0.05, 0.1) is 18.2 Å². The highest BCUT2D eigenvalue weighted by molar-refractivity contribution is 6.38. The number of aliphatic hydroxyl groups is 1. The number of nitrogens with zero attached hydrogens (tertiary/aromatic N) is 1. The summed E-state index contributed by atoms with van der Waals surface area (Å²) in [6.07, 6.45) is 3.16. The number of aromatic amines is 1. The summed E-state index contributed by atoms with van der Waals surface area (Å²) in [6.45, 7) is -0.270. The van der Waals surface area contributed by atoms with Crippen LogP contribution in [0, 0.1) is 5.82 Å². The third-order valence-electron chi connectivity index (χ3n) is 5.81. The summed E-state index contributed by atoms with van der Waals surface area (Å²) in [5, 5.41) is 15.5. The summed E-state index contributed by atoms with van der Waals surface area (Å²) in [6, 6.07) is 19.3. The van der Waals surface area contributed by atoms with Crippen LogP contribution in [0.25, 0.3) is 11.1 Å². The van der Waals surface area contributed by atoms with Gasteiger partial charge in [-0.05, 0) is 41.5 Å². The molecule has 4 N–H and O–H groups in total. The van der Waals surface area contributed by atoms with Gasteiger partial charge in [-0.15, -0.1) is 0 Å². The molecule has 7 nitrogen and oxygen atoms in total. The predicted octanol–water partition coefficient (Wildman–Crippen LogP) is 3.92. The predicted molar refractivity (Wildman–Crippen MR) is 130 cm³/mol. The van der Waals surface area contributed by atoms with Crippen LogP contribution in [0.3, 0.4) is 0 Å². The molecule has 1 aliphatic rings. The second-order valence-electron chi connectivity index (χ2n) is 8.03. The van der Waals surface area contributed by atoms with Crippen molar-refractivity contribution in [1.82, 2.24) is 15.3 Å². The number of rotatable bonds is 6. The molecular formula is C27H21FN4O3. The summed E-state index contributed by atoms with van der Waals surface area (Å²) in [4.78, 5) is 33.4. The fourth-order valence-electron chi connectivity index (χ4n) is 4.16. The molecule has 1 aromatic heterocycles. The van der Waals surface area contributed by atoms with Gasteiger partial charge in [0.25, 0.3) is 11.8 Å². The molecule has 8 heteroatoms. The Labute approximate surface area is 200 Å². The van der Waals surface area contributed by atoms with Crippen molar-refractivity contribution < 1.29 is 19.1 Å². The molecule has 0 saturated carbocycles. The van der Waals surface area contributed by atoms with Crippen molar-refractivity contribution >= 4 is 28.6 Å². The van der Waals surface area contributed by atoms with Gasteiger partial charge in [0, 0.05) is 34.8 Å². The van der Waals surface area contributed by atoms with Crippen LogP contribution in [0.15, 0.2) is 85.2 Å². The van der Waals surface area contributed by atoms with Gasteiger partial charge in [0.15, 0.2) is 0 Å². The molecular weight excluding hydrogens is 447 g/mol.